The molecule has 2 aromatic rings. The molecule has 2 N–H and O–H groups in total. The van der Waals surface area contributed by atoms with E-state index < -0.39 is 5.54 Å². The van der Waals surface area contributed by atoms with Crippen LogP contribution in [0.15, 0.2) is 28.7 Å². The summed E-state index contributed by atoms with van der Waals surface area (Å²) in [6, 6.07) is 7.96. The van der Waals surface area contributed by atoms with Crippen LogP contribution >= 0.6 is 15.9 Å². The van der Waals surface area contributed by atoms with Gasteiger partial charge in [-0.15, -0.1) is 0 Å². The van der Waals surface area contributed by atoms with E-state index in [1.54, 1.807) is 13.8 Å². The number of aromatic nitrogens is 1. The predicted octanol–water partition coefficient (Wildman–Crippen LogP) is 2.60. The van der Waals surface area contributed by atoms with Gasteiger partial charge < -0.3 is 15.0 Å². The van der Waals surface area contributed by atoms with Gasteiger partial charge in [-0.05, 0) is 42.8 Å². The molecule has 0 atom stereocenters. The summed E-state index contributed by atoms with van der Waals surface area (Å²) in [5.41, 5.74) is 1.43. The van der Waals surface area contributed by atoms with Crippen molar-refractivity contribution in [3.05, 3.63) is 34.4 Å². The standard InChI is InChI=1S/C15H19BrN2O2/c1-10-14(16)11-6-4-5-7-12(11)18(10)8-13(20)17-15(2,3)9-19/h4-7,19H,8-9H2,1-3H3,(H,17,20). The highest BCUT2D eigenvalue weighted by molar-refractivity contribution is 9.10. The molecule has 0 spiro atoms. The molecule has 0 saturated carbocycles. The van der Waals surface area contributed by atoms with Crippen LogP contribution in [0.4, 0.5) is 0 Å². The second kappa shape index (κ2) is 5.58. The van der Waals surface area contributed by atoms with E-state index in [2.05, 4.69) is 21.2 Å². The SMILES string of the molecule is Cc1c(Br)c2ccccc2n1CC(=O)NC(C)(C)CO. The zero-order chi connectivity index (χ0) is 14.9. The second-order valence-corrected chi connectivity index (χ2v) is 6.39. The molecule has 1 aromatic carbocycles. The number of carbonyl (C=O) groups is 1. The largest absolute Gasteiger partial charge is 0.394 e. The number of hydrogen-bond acceptors (Lipinski definition) is 2. The van der Waals surface area contributed by atoms with Gasteiger partial charge in [-0.2, -0.15) is 0 Å². The van der Waals surface area contributed by atoms with Gasteiger partial charge in [-0.25, -0.2) is 0 Å². The molecule has 1 aromatic heterocycles. The summed E-state index contributed by atoms with van der Waals surface area (Å²) in [6.07, 6.45) is 0. The highest BCUT2D eigenvalue weighted by Gasteiger charge is 2.20. The number of carbonyl (C=O) groups excluding carboxylic acids is 1. The Morgan fingerprint density at radius 2 is 2.05 bits per heavy atom. The Morgan fingerprint density at radius 1 is 1.40 bits per heavy atom. The third-order valence-corrected chi connectivity index (χ3v) is 4.33. The maximum absolute atomic E-state index is 12.1. The van der Waals surface area contributed by atoms with Gasteiger partial charge in [0.05, 0.1) is 12.1 Å². The van der Waals surface area contributed by atoms with Gasteiger partial charge >= 0.3 is 0 Å². The number of fused-ring (bicyclic) bond motifs is 1. The van der Waals surface area contributed by atoms with Crippen LogP contribution in [0.25, 0.3) is 10.9 Å². The first-order valence-corrected chi connectivity index (χ1v) is 7.30. The Hall–Kier alpha value is -1.33. The minimum Gasteiger partial charge on any atom is -0.394 e. The van der Waals surface area contributed by atoms with E-state index in [-0.39, 0.29) is 19.1 Å². The molecule has 108 valence electrons. The zero-order valence-corrected chi connectivity index (χ0v) is 13.5. The molecular formula is C15H19BrN2O2. The average molecular weight is 339 g/mol. The normalized spacial score (nSPS) is 11.8. The molecule has 20 heavy (non-hydrogen) atoms. The number of aliphatic hydroxyl groups excluding tert-OH is 1. The summed E-state index contributed by atoms with van der Waals surface area (Å²) >= 11 is 3.57. The first-order valence-electron chi connectivity index (χ1n) is 6.51. The lowest BCUT2D eigenvalue weighted by atomic mass is 10.1. The van der Waals surface area contributed by atoms with Crippen molar-refractivity contribution in [2.24, 2.45) is 0 Å². The quantitative estimate of drug-likeness (QED) is 0.900. The average Bonchev–Trinajstić information content (AvgIpc) is 2.64. The van der Waals surface area contributed by atoms with Crippen molar-refractivity contribution in [3.63, 3.8) is 0 Å². The fraction of sp³-hybridized carbons (Fsp3) is 0.400. The summed E-state index contributed by atoms with van der Waals surface area (Å²) < 4.78 is 2.99. The van der Waals surface area contributed by atoms with Crippen molar-refractivity contribution in [1.29, 1.82) is 0 Å². The number of benzene rings is 1. The Kier molecular flexibility index (Phi) is 4.20. The van der Waals surface area contributed by atoms with Gasteiger partial charge in [0.1, 0.15) is 6.54 Å². The monoisotopic (exact) mass is 338 g/mol. The summed E-state index contributed by atoms with van der Waals surface area (Å²) in [5.74, 6) is -0.111. The summed E-state index contributed by atoms with van der Waals surface area (Å²) in [6.45, 7) is 5.71. The lowest BCUT2D eigenvalue weighted by Gasteiger charge is -2.23. The van der Waals surface area contributed by atoms with Gasteiger partial charge in [-0.1, -0.05) is 18.2 Å². The van der Waals surface area contributed by atoms with Crippen LogP contribution < -0.4 is 5.32 Å². The summed E-state index contributed by atoms with van der Waals surface area (Å²) in [4.78, 5) is 12.1. The molecule has 0 bridgehead atoms. The van der Waals surface area contributed by atoms with Crippen molar-refractivity contribution < 1.29 is 9.90 Å². The van der Waals surface area contributed by atoms with Gasteiger partial charge in [0.2, 0.25) is 5.91 Å². The Bertz CT molecular complexity index is 647. The molecule has 1 amide bonds. The zero-order valence-electron chi connectivity index (χ0n) is 11.9. The first kappa shape index (κ1) is 15.1. The highest BCUT2D eigenvalue weighted by Crippen LogP contribution is 2.30. The molecule has 4 nitrogen and oxygen atoms in total. The number of aliphatic hydroxyl groups is 1. The topological polar surface area (TPSA) is 54.3 Å². The molecule has 1 heterocycles. The molecule has 5 heteroatoms. The lowest BCUT2D eigenvalue weighted by molar-refractivity contribution is -0.123. The van der Waals surface area contributed by atoms with Gasteiger partial charge in [0, 0.05) is 21.1 Å². The molecule has 0 aliphatic rings. The first-order chi connectivity index (χ1) is 9.35. The second-order valence-electron chi connectivity index (χ2n) is 5.59. The summed E-state index contributed by atoms with van der Waals surface area (Å²) in [7, 11) is 0. The number of hydrogen-bond donors (Lipinski definition) is 2. The maximum Gasteiger partial charge on any atom is 0.240 e. The number of rotatable bonds is 4. The van der Waals surface area contributed by atoms with E-state index >= 15 is 0 Å². The molecular weight excluding hydrogens is 320 g/mol. The lowest BCUT2D eigenvalue weighted by Crippen LogP contribution is -2.47. The molecule has 0 radical (unpaired) electrons. The Morgan fingerprint density at radius 3 is 2.70 bits per heavy atom. The molecule has 0 saturated heterocycles. The van der Waals surface area contributed by atoms with Crippen molar-refractivity contribution >= 4 is 32.7 Å². The molecule has 0 aliphatic heterocycles. The van der Waals surface area contributed by atoms with E-state index in [9.17, 15) is 9.90 Å². The van der Waals surface area contributed by atoms with Crippen molar-refractivity contribution in [2.75, 3.05) is 6.61 Å². The van der Waals surface area contributed by atoms with Crippen molar-refractivity contribution in [1.82, 2.24) is 9.88 Å². The third kappa shape index (κ3) is 2.88. The van der Waals surface area contributed by atoms with Crippen LogP contribution in [-0.2, 0) is 11.3 Å². The van der Waals surface area contributed by atoms with Crippen molar-refractivity contribution in [2.45, 2.75) is 32.9 Å². The third-order valence-electron chi connectivity index (χ3n) is 3.33. The molecule has 0 unspecified atom stereocenters. The van der Waals surface area contributed by atoms with Crippen LogP contribution in [0.1, 0.15) is 19.5 Å². The smallest absolute Gasteiger partial charge is 0.240 e. The number of para-hydroxylation sites is 1. The number of nitrogens with zero attached hydrogens (tertiary/aromatic N) is 1. The van der Waals surface area contributed by atoms with Crippen LogP contribution in [0.5, 0.6) is 0 Å². The summed E-state index contributed by atoms with van der Waals surface area (Å²) in [5, 5.41) is 13.1. The van der Waals surface area contributed by atoms with E-state index in [4.69, 9.17) is 0 Å². The fourth-order valence-corrected chi connectivity index (χ4v) is 2.74. The molecule has 0 aliphatic carbocycles. The fourth-order valence-electron chi connectivity index (χ4n) is 2.19. The predicted molar refractivity (Wildman–Crippen MR) is 83.7 cm³/mol. The minimum absolute atomic E-state index is 0.0894. The van der Waals surface area contributed by atoms with Gasteiger partial charge in [0.15, 0.2) is 0 Å². The van der Waals surface area contributed by atoms with E-state index in [1.807, 2.05) is 35.8 Å². The van der Waals surface area contributed by atoms with Crippen LogP contribution in [0.2, 0.25) is 0 Å². The van der Waals surface area contributed by atoms with Crippen LogP contribution in [0, 0.1) is 6.92 Å². The van der Waals surface area contributed by atoms with Gasteiger partial charge in [0.25, 0.3) is 0 Å². The maximum atomic E-state index is 12.1. The minimum atomic E-state index is -0.606. The van der Waals surface area contributed by atoms with E-state index in [0.717, 1.165) is 21.1 Å². The van der Waals surface area contributed by atoms with E-state index in [1.165, 1.54) is 0 Å². The number of halogens is 1. The van der Waals surface area contributed by atoms with Crippen LogP contribution in [-0.4, -0.2) is 27.7 Å². The molecule has 2 rings (SSSR count). The number of amides is 1. The molecule has 0 fully saturated rings. The van der Waals surface area contributed by atoms with E-state index in [0.29, 0.717) is 0 Å². The van der Waals surface area contributed by atoms with Gasteiger partial charge in [-0.3, -0.25) is 4.79 Å². The Labute approximate surface area is 126 Å². The number of nitrogens with one attached hydrogen (secondary N) is 1. The van der Waals surface area contributed by atoms with Crippen molar-refractivity contribution in [3.8, 4) is 0 Å². The Balaban J connectivity index is 2.31. The highest BCUT2D eigenvalue weighted by atomic mass is 79.9. The van der Waals surface area contributed by atoms with Crippen LogP contribution in [0.3, 0.4) is 0 Å².